The van der Waals surface area contributed by atoms with E-state index in [1.54, 1.807) is 14.1 Å². The molecule has 0 aromatic carbocycles. The zero-order valence-electron chi connectivity index (χ0n) is 2.95. The van der Waals surface area contributed by atoms with E-state index in [0.29, 0.717) is 0 Å². The molecule has 0 aliphatic heterocycles. The number of hydrogen-bond acceptors (Lipinski definition) is 0. The normalized spacial score (nSPS) is 4.50. The third kappa shape index (κ3) is 13.6. The van der Waals surface area contributed by atoms with Gasteiger partial charge in [0.05, 0.1) is 0 Å². The Morgan fingerprint density at radius 3 is 1.25 bits per heavy atom. The van der Waals surface area contributed by atoms with Gasteiger partial charge in [0.1, 0.15) is 0 Å². The van der Waals surface area contributed by atoms with Gasteiger partial charge in [0.15, 0.2) is 0 Å². The Labute approximate surface area is 45.9 Å². The number of hydrogen-bond donors (Lipinski definition) is 0. The van der Waals surface area contributed by atoms with E-state index in [1.165, 1.54) is 0 Å². The first-order chi connectivity index (χ1) is 1.41. The van der Waals surface area contributed by atoms with Crippen molar-refractivity contribution in [3.63, 3.8) is 0 Å². The molecule has 0 rings (SSSR count). The fourth-order valence-corrected chi connectivity index (χ4v) is 0. The average Bonchev–Trinajstić information content (AvgIpc) is 0.918. The smallest absolute Gasteiger partial charge is 0.668 e. The maximum Gasteiger partial charge on any atom is 4.00 e. The quantitative estimate of drug-likeness (QED) is 0.462. The molecule has 0 radical (unpaired) electrons. The van der Waals surface area contributed by atoms with Crippen LogP contribution in [0.4, 0.5) is 0 Å². The van der Waals surface area contributed by atoms with Crippen molar-refractivity contribution in [1.29, 1.82) is 0 Å². The van der Waals surface area contributed by atoms with Crippen LogP contribution in [0.25, 0.3) is 5.32 Å². The molecule has 2 heteroatoms. The van der Waals surface area contributed by atoms with Crippen LogP contribution < -0.4 is 0 Å². The van der Waals surface area contributed by atoms with Crippen LogP contribution in [-0.2, 0) is 26.2 Å². The standard InChI is InChI=1S/C2H6N.Zr/c1-3-2;/h1-2H3;/q-1;+4. The largest absolute Gasteiger partial charge is 4.00 e. The van der Waals surface area contributed by atoms with E-state index in [4.69, 9.17) is 0 Å². The van der Waals surface area contributed by atoms with Gasteiger partial charge < -0.3 is 5.32 Å². The van der Waals surface area contributed by atoms with Crippen molar-refractivity contribution < 1.29 is 26.2 Å². The summed E-state index contributed by atoms with van der Waals surface area (Å²) < 4.78 is 0. The van der Waals surface area contributed by atoms with Crippen molar-refractivity contribution in [2.45, 2.75) is 0 Å². The Morgan fingerprint density at radius 1 is 1.25 bits per heavy atom. The first-order valence-corrected chi connectivity index (χ1v) is 0.894. The van der Waals surface area contributed by atoms with E-state index in [0.717, 1.165) is 0 Å². The summed E-state index contributed by atoms with van der Waals surface area (Å²) in [4.78, 5) is 0. The molecule has 0 fully saturated rings. The molecule has 0 amide bonds. The van der Waals surface area contributed by atoms with Gasteiger partial charge in [-0.05, 0) is 0 Å². The molecule has 0 atom stereocenters. The predicted molar refractivity (Wildman–Crippen MR) is 15.2 cm³/mol. The molecular formula is C2H6NZr+3. The van der Waals surface area contributed by atoms with Gasteiger partial charge in [-0.15, -0.1) is 0 Å². The molecule has 0 saturated heterocycles. The molecule has 1 nitrogen and oxygen atoms in total. The van der Waals surface area contributed by atoms with Gasteiger partial charge in [-0.1, -0.05) is 0 Å². The van der Waals surface area contributed by atoms with Crippen LogP contribution >= 0.6 is 0 Å². The predicted octanol–water partition coefficient (Wildman–Crippen LogP) is 0.617. The van der Waals surface area contributed by atoms with Crippen LogP contribution in [0.5, 0.6) is 0 Å². The van der Waals surface area contributed by atoms with Gasteiger partial charge in [-0.25, -0.2) is 0 Å². The van der Waals surface area contributed by atoms with Gasteiger partial charge in [-0.2, -0.15) is 14.1 Å². The van der Waals surface area contributed by atoms with E-state index in [2.05, 4.69) is 5.32 Å². The summed E-state index contributed by atoms with van der Waals surface area (Å²) in [5.74, 6) is 0. The summed E-state index contributed by atoms with van der Waals surface area (Å²) in [6, 6.07) is 0. The van der Waals surface area contributed by atoms with Crippen molar-refractivity contribution in [3.8, 4) is 0 Å². The maximum absolute atomic E-state index is 3.50. The van der Waals surface area contributed by atoms with Gasteiger partial charge in [0.2, 0.25) is 0 Å². The first kappa shape index (κ1) is 8.85. The molecule has 4 heavy (non-hydrogen) atoms. The second-order valence-electron chi connectivity index (χ2n) is 0.447. The zero-order valence-corrected chi connectivity index (χ0v) is 5.41. The Kier molecular flexibility index (Phi) is 20.2. The van der Waals surface area contributed by atoms with Crippen molar-refractivity contribution in [1.82, 2.24) is 0 Å². The van der Waals surface area contributed by atoms with E-state index in [1.807, 2.05) is 0 Å². The second kappa shape index (κ2) is 9.14. The molecule has 20 valence electrons. The molecule has 0 heterocycles. The van der Waals surface area contributed by atoms with Gasteiger partial charge in [0.25, 0.3) is 0 Å². The van der Waals surface area contributed by atoms with E-state index >= 15 is 0 Å². The van der Waals surface area contributed by atoms with Crippen molar-refractivity contribution in [3.05, 3.63) is 5.32 Å². The van der Waals surface area contributed by atoms with Crippen LogP contribution in [-0.4, -0.2) is 14.1 Å². The van der Waals surface area contributed by atoms with E-state index < -0.39 is 0 Å². The molecule has 0 bridgehead atoms. The van der Waals surface area contributed by atoms with Crippen molar-refractivity contribution in [2.24, 2.45) is 0 Å². The topological polar surface area (TPSA) is 14.1 Å². The van der Waals surface area contributed by atoms with Crippen LogP contribution in [0.3, 0.4) is 0 Å². The van der Waals surface area contributed by atoms with Crippen LogP contribution in [0, 0.1) is 0 Å². The molecule has 0 aliphatic rings. The van der Waals surface area contributed by atoms with Gasteiger partial charge in [-0.3, -0.25) is 0 Å². The Morgan fingerprint density at radius 2 is 1.25 bits per heavy atom. The molecule has 0 aromatic heterocycles. The first-order valence-electron chi connectivity index (χ1n) is 0.894. The molecule has 0 N–H and O–H groups in total. The Bertz CT molecular complexity index is 6.00. The zero-order chi connectivity index (χ0) is 2.71. The fraction of sp³-hybridized carbons (Fsp3) is 1.00. The monoisotopic (exact) mass is 134 g/mol. The van der Waals surface area contributed by atoms with Gasteiger partial charge >= 0.3 is 26.2 Å². The molecule has 0 unspecified atom stereocenters. The second-order valence-corrected chi connectivity index (χ2v) is 0.447. The average molecular weight is 135 g/mol. The number of rotatable bonds is 0. The molecule has 0 spiro atoms. The van der Waals surface area contributed by atoms with Crippen LogP contribution in [0.2, 0.25) is 0 Å². The van der Waals surface area contributed by atoms with Gasteiger partial charge in [0, 0.05) is 0 Å². The Hall–Kier alpha value is 0.843. The SMILES string of the molecule is C[N-]C.[Zr+4]. The number of nitrogens with zero attached hydrogens (tertiary/aromatic N) is 1. The summed E-state index contributed by atoms with van der Waals surface area (Å²) in [6.07, 6.45) is 0. The van der Waals surface area contributed by atoms with Crippen LogP contribution in [0.15, 0.2) is 0 Å². The minimum atomic E-state index is 0. The Balaban J connectivity index is 0. The molecular weight excluding hydrogens is 129 g/mol. The fourth-order valence-electron chi connectivity index (χ4n) is 0. The minimum absolute atomic E-state index is 0. The third-order valence-corrected chi connectivity index (χ3v) is 0. The van der Waals surface area contributed by atoms with E-state index in [-0.39, 0.29) is 26.2 Å². The van der Waals surface area contributed by atoms with Crippen molar-refractivity contribution in [2.75, 3.05) is 14.1 Å². The third-order valence-electron chi connectivity index (χ3n) is 0. The molecule has 0 aromatic rings. The summed E-state index contributed by atoms with van der Waals surface area (Å²) in [7, 11) is 3.50. The van der Waals surface area contributed by atoms with E-state index in [9.17, 15) is 0 Å². The summed E-state index contributed by atoms with van der Waals surface area (Å²) in [5, 5.41) is 3.50. The van der Waals surface area contributed by atoms with Crippen molar-refractivity contribution >= 4 is 0 Å². The molecule has 0 aliphatic carbocycles. The summed E-state index contributed by atoms with van der Waals surface area (Å²) in [5.41, 5.74) is 0. The maximum atomic E-state index is 3.50. The molecule has 0 saturated carbocycles. The summed E-state index contributed by atoms with van der Waals surface area (Å²) in [6.45, 7) is 0. The summed E-state index contributed by atoms with van der Waals surface area (Å²) >= 11 is 0. The minimum Gasteiger partial charge on any atom is -0.668 e. The van der Waals surface area contributed by atoms with Crippen LogP contribution in [0.1, 0.15) is 0 Å².